The average Bonchev–Trinajstić information content (AvgIpc) is 3.18. The van der Waals surface area contributed by atoms with Crippen LogP contribution < -0.4 is 5.32 Å². The van der Waals surface area contributed by atoms with Gasteiger partial charge in [-0.15, -0.1) is 0 Å². The normalized spacial score (nSPS) is 11.6. The molecule has 1 N–H and O–H groups in total. The molecule has 5 heteroatoms. The van der Waals surface area contributed by atoms with E-state index >= 15 is 0 Å². The Hall–Kier alpha value is -0.810. The molecule has 0 bridgehead atoms. The van der Waals surface area contributed by atoms with Gasteiger partial charge in [0.15, 0.2) is 0 Å². The molecule has 324 valence electrons. The number of alkyl carbamates (subject to hydrolysis) is 1. The smallest absolute Gasteiger partial charge is 0.407 e. The highest BCUT2D eigenvalue weighted by molar-refractivity contribution is 5.67. The Labute approximate surface area is 339 Å². The van der Waals surface area contributed by atoms with E-state index in [0.717, 1.165) is 13.0 Å². The van der Waals surface area contributed by atoms with Crippen molar-refractivity contribution in [2.24, 2.45) is 5.92 Å². The molecular weight excluding hydrogens is 667 g/mol. The van der Waals surface area contributed by atoms with Crippen LogP contribution >= 0.6 is 0 Å². The molecule has 5 nitrogen and oxygen atoms in total. The van der Waals surface area contributed by atoms with Gasteiger partial charge in [0.1, 0.15) is 0 Å². The van der Waals surface area contributed by atoms with Crippen LogP contribution in [0.5, 0.6) is 0 Å². The summed E-state index contributed by atoms with van der Waals surface area (Å²) in [5, 5.41) is 3.09. The summed E-state index contributed by atoms with van der Waals surface area (Å²) in [6.45, 7) is 7.54. The predicted molar refractivity (Wildman–Crippen MR) is 237 cm³/mol. The van der Waals surface area contributed by atoms with Crippen LogP contribution in [0.15, 0.2) is 0 Å². The third-order valence-corrected chi connectivity index (χ3v) is 11.6. The van der Waals surface area contributed by atoms with E-state index in [-0.39, 0.29) is 6.09 Å². The van der Waals surface area contributed by atoms with Gasteiger partial charge in [-0.2, -0.15) is 0 Å². The first-order chi connectivity index (χ1) is 26.7. The second-order valence-electron chi connectivity index (χ2n) is 16.9. The Morgan fingerprint density at radius 1 is 0.389 bits per heavy atom. The first-order valence-corrected chi connectivity index (χ1v) is 24.7. The lowest BCUT2D eigenvalue weighted by Crippen LogP contribution is -2.30. The average molecular weight is 766 g/mol. The van der Waals surface area contributed by atoms with E-state index in [4.69, 9.17) is 14.2 Å². The Kier molecular flexibility index (Phi) is 47.6. The zero-order chi connectivity index (χ0) is 39.1. The molecule has 0 aromatic heterocycles. The van der Waals surface area contributed by atoms with Gasteiger partial charge >= 0.3 is 6.09 Å². The molecule has 0 atom stereocenters. The van der Waals surface area contributed by atoms with Crippen molar-refractivity contribution in [2.45, 2.75) is 264 Å². The maximum absolute atomic E-state index is 12.4. The second-order valence-corrected chi connectivity index (χ2v) is 16.9. The molecule has 0 aromatic rings. The Balaban J connectivity index is 3.96. The Morgan fingerprint density at radius 2 is 0.704 bits per heavy atom. The van der Waals surface area contributed by atoms with Crippen LogP contribution in [0.1, 0.15) is 264 Å². The number of rotatable bonds is 47. The highest BCUT2D eigenvalue weighted by Crippen LogP contribution is 2.20. The van der Waals surface area contributed by atoms with Gasteiger partial charge in [-0.1, -0.05) is 245 Å². The Bertz CT molecular complexity index is 649. The molecule has 0 aliphatic carbocycles. The molecule has 0 saturated carbocycles. The molecule has 54 heavy (non-hydrogen) atoms. The first kappa shape index (κ1) is 53.2. The van der Waals surface area contributed by atoms with E-state index < -0.39 is 0 Å². The molecule has 0 unspecified atom stereocenters. The molecule has 0 aliphatic rings. The minimum atomic E-state index is -0.271. The van der Waals surface area contributed by atoms with Crippen LogP contribution in [0.2, 0.25) is 0 Å². The molecular formula is C49H99NO4. The van der Waals surface area contributed by atoms with Crippen molar-refractivity contribution in [1.29, 1.82) is 0 Å². The second kappa shape index (κ2) is 48.3. The number of carbonyl (C=O) groups excluding carboxylic acids is 1. The monoisotopic (exact) mass is 766 g/mol. The van der Waals surface area contributed by atoms with Gasteiger partial charge in [0.25, 0.3) is 0 Å². The van der Waals surface area contributed by atoms with Crippen LogP contribution in [-0.2, 0) is 14.2 Å². The van der Waals surface area contributed by atoms with Gasteiger partial charge in [-0.3, -0.25) is 0 Å². The number of amides is 1. The lowest BCUT2D eigenvalue weighted by molar-refractivity contribution is 0.0595. The molecule has 1 amide bonds. The maximum atomic E-state index is 12.4. The van der Waals surface area contributed by atoms with E-state index in [1.165, 1.54) is 244 Å². The van der Waals surface area contributed by atoms with Crippen LogP contribution in [0.25, 0.3) is 0 Å². The molecule has 0 fully saturated rings. The highest BCUT2D eigenvalue weighted by atomic mass is 16.6. The van der Waals surface area contributed by atoms with Crippen molar-refractivity contribution in [2.75, 3.05) is 40.1 Å². The van der Waals surface area contributed by atoms with Crippen molar-refractivity contribution < 1.29 is 19.0 Å². The number of hydrogen-bond acceptors (Lipinski definition) is 4. The van der Waals surface area contributed by atoms with Gasteiger partial charge in [-0.25, -0.2) is 4.79 Å². The lowest BCUT2D eigenvalue weighted by atomic mass is 9.94. The van der Waals surface area contributed by atoms with E-state index in [1.807, 2.05) is 0 Å². The largest absolute Gasteiger partial charge is 0.449 e. The van der Waals surface area contributed by atoms with Gasteiger partial charge in [0.2, 0.25) is 0 Å². The quantitative estimate of drug-likeness (QED) is 0.0627. The highest BCUT2D eigenvalue weighted by Gasteiger charge is 2.11. The van der Waals surface area contributed by atoms with Gasteiger partial charge in [0.05, 0.1) is 19.8 Å². The summed E-state index contributed by atoms with van der Waals surface area (Å²) in [5.41, 5.74) is 0. The molecule has 0 radical (unpaired) electrons. The van der Waals surface area contributed by atoms with Crippen LogP contribution in [-0.4, -0.2) is 46.2 Å². The van der Waals surface area contributed by atoms with Crippen LogP contribution in [0.3, 0.4) is 0 Å². The first-order valence-electron chi connectivity index (χ1n) is 24.7. The summed E-state index contributed by atoms with van der Waals surface area (Å²) in [5.74, 6) is 0.567. The SMILES string of the molecule is CCCCCCCCCCCCCCCCCCCCC(CCCCCCCCCCCCCCCCCCCC)CNC(=O)OCCCOCCOC. The van der Waals surface area contributed by atoms with E-state index in [9.17, 15) is 4.79 Å². The minimum Gasteiger partial charge on any atom is -0.449 e. The van der Waals surface area contributed by atoms with Crippen LogP contribution in [0.4, 0.5) is 4.79 Å². The lowest BCUT2D eigenvalue weighted by Gasteiger charge is -2.18. The van der Waals surface area contributed by atoms with Crippen molar-refractivity contribution in [1.82, 2.24) is 5.32 Å². The molecule has 0 aromatic carbocycles. The van der Waals surface area contributed by atoms with Crippen molar-refractivity contribution in [3.63, 3.8) is 0 Å². The summed E-state index contributed by atoms with van der Waals surface area (Å²) in [6.07, 6.45) is 53.9. The summed E-state index contributed by atoms with van der Waals surface area (Å²) in [6, 6.07) is 0. The minimum absolute atomic E-state index is 0.271. The standard InChI is InChI=1S/C49H99NO4/c1-4-6-8-10-12-14-16-18-20-22-24-26-28-30-32-34-36-38-41-48(47-50-49(51)54-44-40-43-53-46-45-52-3)42-39-37-35-33-31-29-27-25-23-21-19-17-15-13-11-9-7-5-2/h48H,4-47H2,1-3H3,(H,50,51). The number of carbonyl (C=O) groups is 1. The summed E-state index contributed by atoms with van der Waals surface area (Å²) in [4.78, 5) is 12.4. The third-order valence-electron chi connectivity index (χ3n) is 11.6. The molecule has 0 rings (SSSR count). The maximum Gasteiger partial charge on any atom is 0.407 e. The zero-order valence-electron chi connectivity index (χ0n) is 37.3. The van der Waals surface area contributed by atoms with Gasteiger partial charge in [-0.05, 0) is 18.8 Å². The van der Waals surface area contributed by atoms with Crippen molar-refractivity contribution in [3.8, 4) is 0 Å². The summed E-state index contributed by atoms with van der Waals surface area (Å²) < 4.78 is 15.9. The molecule has 0 aliphatic heterocycles. The number of unbranched alkanes of at least 4 members (excludes halogenated alkanes) is 34. The Morgan fingerprint density at radius 3 is 1.02 bits per heavy atom. The molecule has 0 heterocycles. The summed E-state index contributed by atoms with van der Waals surface area (Å²) >= 11 is 0. The van der Waals surface area contributed by atoms with Crippen LogP contribution in [0, 0.1) is 5.92 Å². The fourth-order valence-electron chi connectivity index (χ4n) is 7.87. The van der Waals surface area contributed by atoms with Crippen molar-refractivity contribution >= 4 is 6.09 Å². The molecule has 0 spiro atoms. The fourth-order valence-corrected chi connectivity index (χ4v) is 7.87. The number of nitrogens with one attached hydrogen (secondary N) is 1. The number of hydrogen-bond donors (Lipinski definition) is 1. The van der Waals surface area contributed by atoms with Gasteiger partial charge < -0.3 is 19.5 Å². The van der Waals surface area contributed by atoms with E-state index in [1.54, 1.807) is 7.11 Å². The predicted octanol–water partition coefficient (Wildman–Crippen LogP) is 16.2. The number of methoxy groups -OCH3 is 1. The number of ether oxygens (including phenoxy) is 3. The molecule has 0 saturated heterocycles. The fraction of sp³-hybridized carbons (Fsp3) is 0.980. The van der Waals surface area contributed by atoms with Gasteiger partial charge in [0, 0.05) is 26.7 Å². The van der Waals surface area contributed by atoms with E-state index in [0.29, 0.717) is 32.3 Å². The van der Waals surface area contributed by atoms with Crippen molar-refractivity contribution in [3.05, 3.63) is 0 Å². The topological polar surface area (TPSA) is 56.8 Å². The zero-order valence-corrected chi connectivity index (χ0v) is 37.3. The summed E-state index contributed by atoms with van der Waals surface area (Å²) in [7, 11) is 1.67. The third kappa shape index (κ3) is 45.6. The van der Waals surface area contributed by atoms with E-state index in [2.05, 4.69) is 19.2 Å².